The summed E-state index contributed by atoms with van der Waals surface area (Å²) >= 11 is 0. The topological polar surface area (TPSA) is 200 Å². The van der Waals surface area contributed by atoms with Crippen LogP contribution in [0, 0.1) is 0 Å². The van der Waals surface area contributed by atoms with Gasteiger partial charge in [-0.1, -0.05) is 4.98 Å². The third-order valence-electron chi connectivity index (χ3n) is 3.63. The zero-order chi connectivity index (χ0) is 21.0. The number of aliphatic hydroxyl groups is 2. The largest absolute Gasteiger partial charge is 0.756 e. The number of aromatic amines is 1. The van der Waals surface area contributed by atoms with E-state index in [4.69, 9.17) is 19.5 Å². The second-order valence-electron chi connectivity index (χ2n) is 5.33. The summed E-state index contributed by atoms with van der Waals surface area (Å²) in [5.74, 6) is -0.338. The molecule has 3 rings (SSSR count). The number of hydrogen-bond acceptors (Lipinski definition) is 9. The van der Waals surface area contributed by atoms with Crippen LogP contribution < -0.4 is 20.8 Å². The van der Waals surface area contributed by atoms with Gasteiger partial charge in [0.2, 0.25) is 11.7 Å². The Bertz CT molecular complexity index is 1000. The Kier molecular flexibility index (Phi) is 3.52. The highest BCUT2D eigenvalue weighted by atomic mass is 31.2. The van der Waals surface area contributed by atoms with Crippen molar-refractivity contribution in [1.82, 2.24) is 14.5 Å². The lowest BCUT2D eigenvalue weighted by molar-refractivity contribution is -0.745. The van der Waals surface area contributed by atoms with Crippen LogP contribution in [0.15, 0.2) is 11.1 Å². The van der Waals surface area contributed by atoms with Crippen molar-refractivity contribution < 1.29 is 42.5 Å². The minimum absolute atomic E-state index is 0.258. The first-order valence-corrected chi connectivity index (χ1v) is 8.31. The molecule has 6 N–H and O–H groups in total. The van der Waals surface area contributed by atoms with Crippen molar-refractivity contribution in [2.24, 2.45) is 6.98 Å². The molecule has 1 aliphatic heterocycles. The summed E-state index contributed by atoms with van der Waals surface area (Å²) in [6.07, 6.45) is -5.27. The van der Waals surface area contributed by atoms with Crippen LogP contribution in [0.1, 0.15) is 10.3 Å². The van der Waals surface area contributed by atoms with Gasteiger partial charge in [0.1, 0.15) is 18.3 Å². The molecule has 13 nitrogen and oxygen atoms in total. The van der Waals surface area contributed by atoms with Gasteiger partial charge in [0.05, 0.1) is 17.7 Å². The Morgan fingerprint density at radius 1 is 1.64 bits per heavy atom. The maximum atomic E-state index is 12.2. The van der Waals surface area contributed by atoms with Gasteiger partial charge in [-0.3, -0.25) is 18.9 Å². The zero-order valence-electron chi connectivity index (χ0n) is 15.3. The quantitative estimate of drug-likeness (QED) is 0.259. The molecule has 0 spiro atoms. The maximum Gasteiger partial charge on any atom is 0.313 e. The first kappa shape index (κ1) is 14.3. The van der Waals surface area contributed by atoms with Crippen LogP contribution in [-0.2, 0) is 20.8 Å². The molecule has 1 unspecified atom stereocenters. The molecule has 2 aromatic heterocycles. The normalized spacial score (nSPS) is 31.4. The van der Waals surface area contributed by atoms with Gasteiger partial charge in [-0.15, -0.1) is 0 Å². The summed E-state index contributed by atoms with van der Waals surface area (Å²) in [5, 5.41) is 20.3. The van der Waals surface area contributed by atoms with Crippen LogP contribution in [0.25, 0.3) is 11.2 Å². The van der Waals surface area contributed by atoms with Crippen molar-refractivity contribution in [3.8, 4) is 0 Å². The number of aryl methyl sites for hydroxylation is 1. The second kappa shape index (κ2) is 6.14. The lowest BCUT2D eigenvalue weighted by Gasteiger charge is -2.19. The predicted octanol–water partition coefficient (Wildman–Crippen LogP) is -3.77. The molecule has 0 aliphatic carbocycles. The number of aliphatic hydroxyl groups excluding tert-OH is 2. The van der Waals surface area contributed by atoms with E-state index in [9.17, 15) is 24.5 Å². The molecule has 14 heteroatoms. The summed E-state index contributed by atoms with van der Waals surface area (Å²) < 4.78 is 44.5. The molecule has 5 atom stereocenters. The second-order valence-corrected chi connectivity index (χ2v) is 6.52. The summed E-state index contributed by atoms with van der Waals surface area (Å²) in [7, 11) is -5.11. The van der Waals surface area contributed by atoms with Crippen LogP contribution in [0.4, 0.5) is 5.95 Å². The van der Waals surface area contributed by atoms with E-state index in [1.165, 1.54) is 0 Å². The average Bonchev–Trinajstić information content (AvgIpc) is 3.04. The molecule has 2 aromatic rings. The van der Waals surface area contributed by atoms with Gasteiger partial charge in [-0.05, 0) is 0 Å². The van der Waals surface area contributed by atoms with Crippen LogP contribution in [0.3, 0.4) is 0 Å². The van der Waals surface area contributed by atoms with Gasteiger partial charge >= 0.3 is 5.65 Å². The van der Waals surface area contributed by atoms with Crippen LogP contribution in [0.5, 0.6) is 0 Å². The SMILES string of the molecule is [2H]C([2H])([2H])n1c[n+]([C@@H]2O[C@H](COP(=O)([O-])O)[C@@H](O)[C@H]2O)c2nc(N)[nH]c(=O)c21. The van der Waals surface area contributed by atoms with Crippen molar-refractivity contribution in [2.75, 3.05) is 12.3 Å². The molecule has 138 valence electrons. The van der Waals surface area contributed by atoms with Crippen molar-refractivity contribution in [1.29, 1.82) is 0 Å². The summed E-state index contributed by atoms with van der Waals surface area (Å²) in [6.45, 7) is -3.62. The van der Waals surface area contributed by atoms with Crippen molar-refractivity contribution in [2.45, 2.75) is 24.5 Å². The minimum Gasteiger partial charge on any atom is -0.756 e. The Balaban J connectivity index is 2.06. The molecule has 1 fully saturated rings. The third kappa shape index (κ3) is 3.30. The molecule has 0 radical (unpaired) electrons. The number of nitrogens with two attached hydrogens (primary N) is 1. The number of nitrogens with one attached hydrogen (secondary N) is 1. The fourth-order valence-corrected chi connectivity index (χ4v) is 2.89. The van der Waals surface area contributed by atoms with Crippen molar-refractivity contribution in [3.63, 3.8) is 0 Å². The van der Waals surface area contributed by atoms with Crippen LogP contribution in [-0.4, -0.2) is 54.6 Å². The summed E-state index contributed by atoms with van der Waals surface area (Å²) in [6, 6.07) is 0. The first-order valence-electron chi connectivity index (χ1n) is 8.32. The highest BCUT2D eigenvalue weighted by Gasteiger charge is 2.47. The highest BCUT2D eigenvalue weighted by Crippen LogP contribution is 2.34. The number of hydrogen-bond donors (Lipinski definition) is 5. The number of phosphoric ester groups is 1. The fourth-order valence-electron chi connectivity index (χ4n) is 2.56. The Morgan fingerprint density at radius 2 is 2.36 bits per heavy atom. The lowest BCUT2D eigenvalue weighted by Crippen LogP contribution is -2.46. The summed E-state index contributed by atoms with van der Waals surface area (Å²) in [5.41, 5.74) is 3.99. The zero-order valence-corrected chi connectivity index (χ0v) is 13.2. The van der Waals surface area contributed by atoms with Gasteiger partial charge in [0.15, 0.2) is 6.33 Å². The molecule has 0 bridgehead atoms. The number of rotatable bonds is 4. The van der Waals surface area contributed by atoms with E-state index in [-0.39, 0.29) is 11.6 Å². The van der Waals surface area contributed by atoms with E-state index in [2.05, 4.69) is 14.5 Å². The van der Waals surface area contributed by atoms with Crippen LogP contribution >= 0.6 is 7.82 Å². The molecular weight excluding hydrogens is 361 g/mol. The standard InChI is InChI=1S/C11H16N5O8P/c1-15-3-16(8-5(15)9(19)14-11(12)13-8)10-7(18)6(17)4(24-10)2-23-25(20,21)22/h3-4,6-7,10,17-18H,2H2,1H3,(H4-,12,13,14,19,20,21,22)/t4-,6-,7-,10-/m1/s1/i1D3. The van der Waals surface area contributed by atoms with Gasteiger partial charge < -0.3 is 35.0 Å². The number of anilines is 1. The molecular formula is C11H16N5O8P. The first-order chi connectivity index (χ1) is 12.8. The molecule has 3 heterocycles. The third-order valence-corrected chi connectivity index (χ3v) is 4.11. The Morgan fingerprint density at radius 3 is 3.00 bits per heavy atom. The van der Waals surface area contributed by atoms with Gasteiger partial charge in [-0.25, -0.2) is 4.57 Å². The predicted molar refractivity (Wildman–Crippen MR) is 77.6 cm³/mol. The average molecular weight is 380 g/mol. The number of aromatic nitrogens is 4. The monoisotopic (exact) mass is 380 g/mol. The lowest BCUT2D eigenvalue weighted by atomic mass is 10.1. The van der Waals surface area contributed by atoms with Crippen LogP contribution in [0.2, 0.25) is 0 Å². The van der Waals surface area contributed by atoms with E-state index in [0.29, 0.717) is 4.57 Å². The fraction of sp³-hybridized carbons (Fsp3) is 0.545. The Hall–Kier alpha value is -1.86. The molecule has 0 saturated carbocycles. The van der Waals surface area contributed by atoms with E-state index in [1.54, 1.807) is 0 Å². The van der Waals surface area contributed by atoms with Gasteiger partial charge in [0, 0.05) is 0 Å². The molecule has 1 saturated heterocycles. The summed E-state index contributed by atoms with van der Waals surface area (Å²) in [4.78, 5) is 37.6. The van der Waals surface area contributed by atoms with E-state index < -0.39 is 57.0 Å². The minimum atomic E-state index is -5.11. The van der Waals surface area contributed by atoms with E-state index in [1.807, 2.05) is 0 Å². The number of nitrogen functional groups attached to an aromatic ring is 1. The maximum absolute atomic E-state index is 12.2. The molecule has 0 amide bonds. The number of imidazole rings is 1. The number of phosphoric acid groups is 1. The Labute approximate surface area is 143 Å². The van der Waals surface area contributed by atoms with Gasteiger partial charge in [0.25, 0.3) is 19.3 Å². The molecule has 1 aliphatic rings. The van der Waals surface area contributed by atoms with Crippen molar-refractivity contribution in [3.05, 3.63) is 16.7 Å². The molecule has 25 heavy (non-hydrogen) atoms. The van der Waals surface area contributed by atoms with Gasteiger partial charge in [-0.2, -0.15) is 0 Å². The van der Waals surface area contributed by atoms with E-state index in [0.717, 1.165) is 10.9 Å². The smallest absolute Gasteiger partial charge is 0.313 e. The number of nitrogens with zero attached hydrogens (tertiary/aromatic N) is 3. The number of fused-ring (bicyclic) bond motifs is 1. The van der Waals surface area contributed by atoms with E-state index >= 15 is 0 Å². The number of H-pyrrole nitrogens is 1. The number of ether oxygens (including phenoxy) is 1. The van der Waals surface area contributed by atoms with Crippen molar-refractivity contribution >= 4 is 24.9 Å². The molecule has 0 aromatic carbocycles. The highest BCUT2D eigenvalue weighted by molar-refractivity contribution is 7.44.